The summed E-state index contributed by atoms with van der Waals surface area (Å²) in [6, 6.07) is 19.7. The molecule has 0 amide bonds. The lowest BCUT2D eigenvalue weighted by atomic mass is 10.1. The van der Waals surface area contributed by atoms with Crippen LogP contribution in [0.2, 0.25) is 0 Å². The van der Waals surface area contributed by atoms with Crippen LogP contribution in [0.25, 0.3) is 27.7 Å². The van der Waals surface area contributed by atoms with Crippen molar-refractivity contribution in [1.29, 1.82) is 0 Å². The van der Waals surface area contributed by atoms with Gasteiger partial charge < -0.3 is 0 Å². The van der Waals surface area contributed by atoms with Gasteiger partial charge in [-0.1, -0.05) is 41.6 Å². The standard InChI is InChI=1S/C19H12FN3O/c20-15-10-8-14(9-11-15)19-17(12-24)21-22-23(19)18-7-3-5-13-4-1-2-6-16(13)18/h1-12H. The Balaban J connectivity index is 2.01. The molecule has 4 rings (SSSR count). The van der Waals surface area contributed by atoms with Crippen molar-refractivity contribution in [3.8, 4) is 16.9 Å². The smallest absolute Gasteiger partial charge is 0.172 e. The quantitative estimate of drug-likeness (QED) is 0.536. The van der Waals surface area contributed by atoms with Crippen LogP contribution >= 0.6 is 0 Å². The molecule has 5 heteroatoms. The first-order valence-electron chi connectivity index (χ1n) is 7.43. The second-order valence-corrected chi connectivity index (χ2v) is 5.36. The van der Waals surface area contributed by atoms with Crippen LogP contribution in [0.15, 0.2) is 66.7 Å². The normalized spacial score (nSPS) is 10.9. The number of rotatable bonds is 3. The molecular weight excluding hydrogens is 305 g/mol. The van der Waals surface area contributed by atoms with Crippen LogP contribution < -0.4 is 0 Å². The van der Waals surface area contributed by atoms with E-state index in [1.54, 1.807) is 16.8 Å². The number of aromatic nitrogens is 3. The van der Waals surface area contributed by atoms with Gasteiger partial charge in [-0.3, -0.25) is 4.79 Å². The minimum Gasteiger partial charge on any atom is -0.296 e. The fraction of sp³-hybridized carbons (Fsp3) is 0. The molecule has 0 bridgehead atoms. The minimum absolute atomic E-state index is 0.217. The molecule has 0 saturated heterocycles. The molecule has 0 aliphatic carbocycles. The molecule has 4 nitrogen and oxygen atoms in total. The Hall–Kier alpha value is -3.34. The van der Waals surface area contributed by atoms with Gasteiger partial charge in [0.25, 0.3) is 0 Å². The Morgan fingerprint density at radius 3 is 2.46 bits per heavy atom. The number of carbonyl (C=O) groups excluding carboxylic acids is 1. The molecule has 3 aromatic carbocycles. The van der Waals surface area contributed by atoms with Gasteiger partial charge in [0, 0.05) is 10.9 Å². The maximum Gasteiger partial charge on any atom is 0.172 e. The lowest BCUT2D eigenvalue weighted by Gasteiger charge is -2.10. The van der Waals surface area contributed by atoms with E-state index in [2.05, 4.69) is 10.3 Å². The van der Waals surface area contributed by atoms with E-state index in [1.165, 1.54) is 12.1 Å². The van der Waals surface area contributed by atoms with E-state index in [0.717, 1.165) is 16.5 Å². The van der Waals surface area contributed by atoms with E-state index in [-0.39, 0.29) is 11.5 Å². The first-order valence-corrected chi connectivity index (χ1v) is 7.43. The first-order chi connectivity index (χ1) is 11.8. The zero-order valence-electron chi connectivity index (χ0n) is 12.6. The molecule has 0 saturated carbocycles. The molecule has 0 aliphatic rings. The molecule has 0 N–H and O–H groups in total. The highest BCUT2D eigenvalue weighted by Crippen LogP contribution is 2.28. The van der Waals surface area contributed by atoms with Gasteiger partial charge in [0.1, 0.15) is 11.5 Å². The highest BCUT2D eigenvalue weighted by molar-refractivity contribution is 5.92. The number of hydrogen-bond donors (Lipinski definition) is 0. The Labute approximate surface area is 137 Å². The average molecular weight is 317 g/mol. The van der Waals surface area contributed by atoms with Crippen LogP contribution in [0, 0.1) is 5.82 Å². The number of nitrogens with zero attached hydrogens (tertiary/aromatic N) is 3. The second kappa shape index (κ2) is 5.70. The molecule has 0 atom stereocenters. The maximum atomic E-state index is 13.2. The molecule has 0 unspecified atom stereocenters. The zero-order chi connectivity index (χ0) is 16.5. The summed E-state index contributed by atoms with van der Waals surface area (Å²) >= 11 is 0. The summed E-state index contributed by atoms with van der Waals surface area (Å²) in [7, 11) is 0. The number of fused-ring (bicyclic) bond motifs is 1. The molecule has 0 spiro atoms. The van der Waals surface area contributed by atoms with Crippen LogP contribution in [0.5, 0.6) is 0 Å². The fourth-order valence-electron chi connectivity index (χ4n) is 2.81. The van der Waals surface area contributed by atoms with E-state index in [1.807, 2.05) is 42.5 Å². The van der Waals surface area contributed by atoms with Crippen molar-refractivity contribution in [2.24, 2.45) is 0 Å². The van der Waals surface area contributed by atoms with Gasteiger partial charge in [-0.2, -0.15) is 0 Å². The third kappa shape index (κ3) is 2.27. The topological polar surface area (TPSA) is 47.8 Å². The number of aldehydes is 1. The van der Waals surface area contributed by atoms with Crippen molar-refractivity contribution in [3.63, 3.8) is 0 Å². The summed E-state index contributed by atoms with van der Waals surface area (Å²) < 4.78 is 14.9. The highest BCUT2D eigenvalue weighted by atomic mass is 19.1. The van der Waals surface area contributed by atoms with E-state index in [0.29, 0.717) is 17.5 Å². The number of hydrogen-bond acceptors (Lipinski definition) is 3. The summed E-state index contributed by atoms with van der Waals surface area (Å²) in [6.07, 6.45) is 0.660. The molecule has 0 aliphatic heterocycles. The van der Waals surface area contributed by atoms with Gasteiger partial charge in [0.05, 0.1) is 5.69 Å². The summed E-state index contributed by atoms with van der Waals surface area (Å²) in [5.74, 6) is -0.337. The van der Waals surface area contributed by atoms with Gasteiger partial charge in [0.2, 0.25) is 0 Å². The van der Waals surface area contributed by atoms with Crippen LogP contribution in [0.3, 0.4) is 0 Å². The van der Waals surface area contributed by atoms with Crippen molar-refractivity contribution < 1.29 is 9.18 Å². The molecule has 4 aromatic rings. The van der Waals surface area contributed by atoms with Gasteiger partial charge in [-0.25, -0.2) is 9.07 Å². The minimum atomic E-state index is -0.337. The molecular formula is C19H12FN3O. The number of benzene rings is 3. The van der Waals surface area contributed by atoms with Crippen molar-refractivity contribution in [1.82, 2.24) is 15.0 Å². The molecule has 1 heterocycles. The predicted molar refractivity (Wildman–Crippen MR) is 89.6 cm³/mol. The van der Waals surface area contributed by atoms with Gasteiger partial charge in [-0.15, -0.1) is 5.10 Å². The zero-order valence-corrected chi connectivity index (χ0v) is 12.6. The average Bonchev–Trinajstić information content (AvgIpc) is 3.05. The molecule has 0 fully saturated rings. The Morgan fingerprint density at radius 1 is 0.917 bits per heavy atom. The molecule has 0 radical (unpaired) electrons. The predicted octanol–water partition coefficient (Wildman–Crippen LogP) is 4.04. The number of halogens is 1. The van der Waals surface area contributed by atoms with Crippen molar-refractivity contribution in [3.05, 3.63) is 78.2 Å². The largest absolute Gasteiger partial charge is 0.296 e. The molecule has 1 aromatic heterocycles. The molecule has 116 valence electrons. The monoisotopic (exact) mass is 317 g/mol. The van der Waals surface area contributed by atoms with Crippen LogP contribution in [0.1, 0.15) is 10.5 Å². The third-order valence-corrected chi connectivity index (χ3v) is 3.92. The van der Waals surface area contributed by atoms with Gasteiger partial charge in [-0.05, 0) is 35.7 Å². The third-order valence-electron chi connectivity index (χ3n) is 3.92. The van der Waals surface area contributed by atoms with E-state index in [4.69, 9.17) is 0 Å². The van der Waals surface area contributed by atoms with Gasteiger partial charge >= 0.3 is 0 Å². The first kappa shape index (κ1) is 14.3. The van der Waals surface area contributed by atoms with Crippen LogP contribution in [0.4, 0.5) is 4.39 Å². The second-order valence-electron chi connectivity index (χ2n) is 5.36. The Bertz CT molecular complexity index is 1030. The van der Waals surface area contributed by atoms with Crippen LogP contribution in [-0.4, -0.2) is 21.3 Å². The summed E-state index contributed by atoms with van der Waals surface area (Å²) in [4.78, 5) is 11.4. The molecule has 24 heavy (non-hydrogen) atoms. The SMILES string of the molecule is O=Cc1nnn(-c2cccc3ccccc23)c1-c1ccc(F)cc1. The summed E-state index contributed by atoms with van der Waals surface area (Å²) in [6.45, 7) is 0. The fourth-order valence-corrected chi connectivity index (χ4v) is 2.81. The van der Waals surface area contributed by atoms with Gasteiger partial charge in [0.15, 0.2) is 12.0 Å². The maximum absolute atomic E-state index is 13.2. The summed E-state index contributed by atoms with van der Waals surface area (Å²) in [5.41, 5.74) is 2.25. The van der Waals surface area contributed by atoms with E-state index < -0.39 is 0 Å². The van der Waals surface area contributed by atoms with Crippen molar-refractivity contribution in [2.75, 3.05) is 0 Å². The van der Waals surface area contributed by atoms with Crippen molar-refractivity contribution in [2.45, 2.75) is 0 Å². The lowest BCUT2D eigenvalue weighted by molar-refractivity contribution is 0.111. The highest BCUT2D eigenvalue weighted by Gasteiger charge is 2.17. The van der Waals surface area contributed by atoms with Crippen molar-refractivity contribution >= 4 is 17.1 Å². The Kier molecular flexibility index (Phi) is 3.39. The summed E-state index contributed by atoms with van der Waals surface area (Å²) in [5, 5.41) is 10.2. The lowest BCUT2D eigenvalue weighted by Crippen LogP contribution is -2.01. The van der Waals surface area contributed by atoms with E-state index >= 15 is 0 Å². The van der Waals surface area contributed by atoms with E-state index in [9.17, 15) is 9.18 Å². The Morgan fingerprint density at radius 2 is 1.67 bits per heavy atom. The number of carbonyl (C=O) groups is 1. The van der Waals surface area contributed by atoms with Crippen LogP contribution in [-0.2, 0) is 0 Å².